The largest absolute Gasteiger partial charge is 0.361 e. The first-order valence-corrected chi connectivity index (χ1v) is 2.56. The molecule has 0 saturated carbocycles. The first kappa shape index (κ1) is 6.15. The van der Waals surface area contributed by atoms with Gasteiger partial charge in [0.1, 0.15) is 0 Å². The van der Waals surface area contributed by atoms with Crippen molar-refractivity contribution in [3.8, 4) is 0 Å². The normalized spacial score (nSPS) is 10.0. The maximum absolute atomic E-state index is 4.74. The van der Waals surface area contributed by atoms with Crippen molar-refractivity contribution in [3.05, 3.63) is 5.82 Å². The maximum atomic E-state index is 4.74. The lowest BCUT2D eigenvalue weighted by atomic mass is 10.8. The number of rotatable bonds is 2. The Kier molecular flexibility index (Phi) is 1.74. The van der Waals surface area contributed by atoms with Crippen molar-refractivity contribution in [2.24, 2.45) is 0 Å². The van der Waals surface area contributed by atoms with Gasteiger partial charge in [-0.1, -0.05) is 0 Å². The average Bonchev–Trinajstić information content (AvgIpc) is 2.17. The zero-order valence-electron chi connectivity index (χ0n) is 5.40. The van der Waals surface area contributed by atoms with Crippen LogP contribution in [0.2, 0.25) is 0 Å². The number of aromatic nitrogens is 4. The molecule has 0 fully saturated rings. The van der Waals surface area contributed by atoms with Gasteiger partial charge in [0.2, 0.25) is 0 Å². The van der Waals surface area contributed by atoms with Crippen LogP contribution in [0.15, 0.2) is 0 Å². The standard InChI is InChI=1S/C4H8N4O/c1-4-5-7-8(6-4)3-9-2/h3H2,1-2H3. The topological polar surface area (TPSA) is 52.8 Å². The van der Waals surface area contributed by atoms with Crippen LogP contribution >= 0.6 is 0 Å². The highest BCUT2D eigenvalue weighted by molar-refractivity contribution is 4.65. The number of aryl methyl sites for hydroxylation is 1. The number of methoxy groups -OCH3 is 1. The van der Waals surface area contributed by atoms with Crippen LogP contribution in [0.5, 0.6) is 0 Å². The molecule has 5 nitrogen and oxygen atoms in total. The van der Waals surface area contributed by atoms with Gasteiger partial charge >= 0.3 is 0 Å². The molecule has 0 aromatic carbocycles. The Morgan fingerprint density at radius 3 is 2.89 bits per heavy atom. The maximum Gasteiger partial charge on any atom is 0.171 e. The highest BCUT2D eigenvalue weighted by Gasteiger charge is 1.92. The Hall–Kier alpha value is -0.970. The summed E-state index contributed by atoms with van der Waals surface area (Å²) in [6.45, 7) is 2.14. The number of nitrogens with zero attached hydrogens (tertiary/aromatic N) is 4. The summed E-state index contributed by atoms with van der Waals surface area (Å²) in [6.07, 6.45) is 0. The van der Waals surface area contributed by atoms with Crippen LogP contribution < -0.4 is 0 Å². The van der Waals surface area contributed by atoms with E-state index < -0.39 is 0 Å². The second-order valence-corrected chi connectivity index (χ2v) is 1.63. The van der Waals surface area contributed by atoms with Crippen molar-refractivity contribution in [1.29, 1.82) is 0 Å². The van der Waals surface area contributed by atoms with Crippen LogP contribution in [0.25, 0.3) is 0 Å². The van der Waals surface area contributed by atoms with E-state index in [9.17, 15) is 0 Å². The van der Waals surface area contributed by atoms with E-state index in [1.807, 2.05) is 0 Å². The minimum absolute atomic E-state index is 0.362. The van der Waals surface area contributed by atoms with E-state index in [0.717, 1.165) is 0 Å². The zero-order chi connectivity index (χ0) is 6.69. The minimum atomic E-state index is 0.362. The van der Waals surface area contributed by atoms with Crippen molar-refractivity contribution in [1.82, 2.24) is 20.2 Å². The predicted octanol–water partition coefficient (Wildman–Crippen LogP) is -0.415. The van der Waals surface area contributed by atoms with Gasteiger partial charge in [0, 0.05) is 7.11 Å². The monoisotopic (exact) mass is 128 g/mol. The lowest BCUT2D eigenvalue weighted by molar-refractivity contribution is 0.106. The lowest BCUT2D eigenvalue weighted by Crippen LogP contribution is -2.03. The third-order valence-corrected chi connectivity index (χ3v) is 0.797. The highest BCUT2D eigenvalue weighted by atomic mass is 16.5. The van der Waals surface area contributed by atoms with E-state index in [4.69, 9.17) is 4.74 Å². The van der Waals surface area contributed by atoms with Crippen molar-refractivity contribution >= 4 is 0 Å². The summed E-state index contributed by atoms with van der Waals surface area (Å²) < 4.78 is 4.74. The highest BCUT2D eigenvalue weighted by Crippen LogP contribution is 1.80. The van der Waals surface area contributed by atoms with E-state index in [0.29, 0.717) is 12.6 Å². The third-order valence-electron chi connectivity index (χ3n) is 0.797. The zero-order valence-corrected chi connectivity index (χ0v) is 5.40. The lowest BCUT2D eigenvalue weighted by Gasteiger charge is -1.91. The van der Waals surface area contributed by atoms with Crippen LogP contribution in [0.1, 0.15) is 5.82 Å². The molecule has 1 heterocycles. The second kappa shape index (κ2) is 2.54. The molecule has 0 aliphatic carbocycles. The summed E-state index contributed by atoms with van der Waals surface area (Å²) in [4.78, 5) is 1.38. The molecular weight excluding hydrogens is 120 g/mol. The van der Waals surface area contributed by atoms with Gasteiger partial charge in [-0.15, -0.1) is 15.0 Å². The summed E-state index contributed by atoms with van der Waals surface area (Å²) in [7, 11) is 1.58. The second-order valence-electron chi connectivity index (χ2n) is 1.63. The fourth-order valence-electron chi connectivity index (χ4n) is 0.494. The Labute approximate surface area is 52.6 Å². The van der Waals surface area contributed by atoms with Gasteiger partial charge in [0.25, 0.3) is 0 Å². The first-order valence-electron chi connectivity index (χ1n) is 2.56. The molecule has 0 bridgehead atoms. The molecule has 0 N–H and O–H groups in total. The molecule has 0 saturated heterocycles. The molecule has 0 aliphatic heterocycles. The number of hydrogen-bond donors (Lipinski definition) is 0. The molecule has 0 spiro atoms. The van der Waals surface area contributed by atoms with Gasteiger partial charge < -0.3 is 4.74 Å². The predicted molar refractivity (Wildman–Crippen MR) is 29.6 cm³/mol. The molecule has 0 atom stereocenters. The van der Waals surface area contributed by atoms with Gasteiger partial charge in [-0.25, -0.2) is 0 Å². The van der Waals surface area contributed by atoms with Crippen LogP contribution in [0.4, 0.5) is 0 Å². The SMILES string of the molecule is COCn1nnc(C)n1. The van der Waals surface area contributed by atoms with Gasteiger partial charge in [-0.2, -0.15) is 0 Å². The van der Waals surface area contributed by atoms with Gasteiger partial charge in [0.15, 0.2) is 12.6 Å². The summed E-state index contributed by atoms with van der Waals surface area (Å²) in [5.74, 6) is 0.659. The molecule has 0 radical (unpaired) electrons. The molecule has 0 amide bonds. The summed E-state index contributed by atoms with van der Waals surface area (Å²) in [6, 6.07) is 0. The van der Waals surface area contributed by atoms with Crippen LogP contribution in [0, 0.1) is 6.92 Å². The smallest absolute Gasteiger partial charge is 0.171 e. The fourth-order valence-corrected chi connectivity index (χ4v) is 0.494. The van der Waals surface area contributed by atoms with Crippen LogP contribution in [-0.2, 0) is 11.5 Å². The Morgan fingerprint density at radius 1 is 1.67 bits per heavy atom. The van der Waals surface area contributed by atoms with E-state index >= 15 is 0 Å². The Morgan fingerprint density at radius 2 is 2.44 bits per heavy atom. The first-order chi connectivity index (χ1) is 4.33. The molecular formula is C4H8N4O. The summed E-state index contributed by atoms with van der Waals surface area (Å²) in [5, 5.41) is 11.2. The molecule has 5 heteroatoms. The van der Waals surface area contributed by atoms with Crippen molar-refractivity contribution in [2.45, 2.75) is 13.7 Å². The fraction of sp³-hybridized carbons (Fsp3) is 0.750. The molecule has 0 aliphatic rings. The van der Waals surface area contributed by atoms with E-state index in [1.54, 1.807) is 14.0 Å². The number of hydrogen-bond acceptors (Lipinski definition) is 4. The molecule has 1 aromatic rings. The van der Waals surface area contributed by atoms with E-state index in [2.05, 4.69) is 15.4 Å². The summed E-state index contributed by atoms with van der Waals surface area (Å²) in [5.41, 5.74) is 0. The molecule has 0 unspecified atom stereocenters. The minimum Gasteiger partial charge on any atom is -0.361 e. The van der Waals surface area contributed by atoms with Gasteiger partial charge in [-0.3, -0.25) is 0 Å². The van der Waals surface area contributed by atoms with Gasteiger partial charge in [-0.05, 0) is 12.1 Å². The molecule has 1 rings (SSSR count). The Bertz CT molecular complexity index is 184. The quantitative estimate of drug-likeness (QED) is 0.543. The molecule has 50 valence electrons. The molecule has 1 aromatic heterocycles. The van der Waals surface area contributed by atoms with Crippen molar-refractivity contribution < 1.29 is 4.74 Å². The van der Waals surface area contributed by atoms with Gasteiger partial charge in [0.05, 0.1) is 0 Å². The van der Waals surface area contributed by atoms with Crippen LogP contribution in [0.3, 0.4) is 0 Å². The van der Waals surface area contributed by atoms with E-state index in [-0.39, 0.29) is 0 Å². The molecule has 9 heavy (non-hydrogen) atoms. The summed E-state index contributed by atoms with van der Waals surface area (Å²) >= 11 is 0. The third kappa shape index (κ3) is 1.46. The number of ether oxygens (including phenoxy) is 1. The van der Waals surface area contributed by atoms with E-state index in [1.165, 1.54) is 4.80 Å². The average molecular weight is 128 g/mol. The number of tetrazole rings is 1. The van der Waals surface area contributed by atoms with Crippen molar-refractivity contribution in [2.75, 3.05) is 7.11 Å². The Balaban J connectivity index is 2.61. The van der Waals surface area contributed by atoms with Crippen molar-refractivity contribution in [3.63, 3.8) is 0 Å². The van der Waals surface area contributed by atoms with Crippen LogP contribution in [-0.4, -0.2) is 27.3 Å².